The average molecular weight is 514 g/mol. The first kappa shape index (κ1) is 24.2. The van der Waals surface area contributed by atoms with Gasteiger partial charge in [-0.2, -0.15) is 0 Å². The van der Waals surface area contributed by atoms with Crippen LogP contribution in [0.3, 0.4) is 0 Å². The summed E-state index contributed by atoms with van der Waals surface area (Å²) < 4.78 is 11.5. The summed E-state index contributed by atoms with van der Waals surface area (Å²) in [5.74, 6) is 0.992. The summed E-state index contributed by atoms with van der Waals surface area (Å²) in [6.07, 6.45) is 1.69. The Kier molecular flexibility index (Phi) is 7.83. The number of benzene rings is 3. The lowest BCUT2D eigenvalue weighted by molar-refractivity contribution is -0.123. The molecule has 0 radical (unpaired) electrons. The van der Waals surface area contributed by atoms with Crippen molar-refractivity contribution in [2.24, 2.45) is 0 Å². The fourth-order valence-corrected chi connectivity index (χ4v) is 4.63. The SMILES string of the molecule is Cc1cccc(OCCN2C(=O)S/C(=C\c3cccc(OCc4ccc(Cl)cc4Cl)c3)C2=O)c1. The van der Waals surface area contributed by atoms with E-state index in [9.17, 15) is 9.59 Å². The summed E-state index contributed by atoms with van der Waals surface area (Å²) in [7, 11) is 0. The minimum absolute atomic E-state index is 0.181. The molecule has 2 amide bonds. The van der Waals surface area contributed by atoms with Crippen LogP contribution in [0.25, 0.3) is 6.08 Å². The lowest BCUT2D eigenvalue weighted by Crippen LogP contribution is -2.32. The molecule has 1 saturated heterocycles. The zero-order valence-corrected chi connectivity index (χ0v) is 20.6. The van der Waals surface area contributed by atoms with Crippen molar-refractivity contribution in [3.05, 3.63) is 98.4 Å². The number of amides is 2. The second-order valence-electron chi connectivity index (χ2n) is 7.60. The molecule has 8 heteroatoms. The lowest BCUT2D eigenvalue weighted by Gasteiger charge is -2.13. The van der Waals surface area contributed by atoms with E-state index in [0.717, 1.165) is 28.5 Å². The third-order valence-electron chi connectivity index (χ3n) is 5.01. The molecule has 3 aromatic carbocycles. The number of imide groups is 1. The molecule has 0 saturated carbocycles. The summed E-state index contributed by atoms with van der Waals surface area (Å²) >= 11 is 13.1. The molecule has 0 N–H and O–H groups in total. The Bertz CT molecular complexity index is 1260. The highest BCUT2D eigenvalue weighted by Gasteiger charge is 2.34. The number of hydrogen-bond acceptors (Lipinski definition) is 5. The molecule has 0 spiro atoms. The van der Waals surface area contributed by atoms with Gasteiger partial charge in [-0.3, -0.25) is 14.5 Å². The molecule has 0 bridgehead atoms. The van der Waals surface area contributed by atoms with Gasteiger partial charge in [0.05, 0.1) is 11.4 Å². The van der Waals surface area contributed by atoms with E-state index in [1.807, 2.05) is 55.5 Å². The van der Waals surface area contributed by atoms with Gasteiger partial charge in [-0.15, -0.1) is 0 Å². The Labute approximate surface area is 212 Å². The number of carbonyl (C=O) groups is 2. The first-order chi connectivity index (χ1) is 16.4. The van der Waals surface area contributed by atoms with E-state index in [4.69, 9.17) is 32.7 Å². The predicted octanol–water partition coefficient (Wildman–Crippen LogP) is 7.00. The molecular weight excluding hydrogens is 493 g/mol. The fraction of sp³-hybridized carbons (Fsp3) is 0.154. The summed E-state index contributed by atoms with van der Waals surface area (Å²) in [6.45, 7) is 2.66. The van der Waals surface area contributed by atoms with Crippen LogP contribution in [-0.4, -0.2) is 29.2 Å². The Morgan fingerprint density at radius 2 is 1.71 bits per heavy atom. The van der Waals surface area contributed by atoms with Gasteiger partial charge in [-0.05, 0) is 72.3 Å². The maximum Gasteiger partial charge on any atom is 0.293 e. The standard InChI is InChI=1S/C26H21Cl2NO4S/c1-17-4-2-6-21(12-17)32-11-10-29-25(30)24(34-26(29)31)14-18-5-3-7-22(13-18)33-16-19-8-9-20(27)15-23(19)28/h2-9,12-15H,10-11,16H2,1H3/b24-14-. The number of nitrogens with zero attached hydrogens (tertiary/aromatic N) is 1. The molecule has 0 aromatic heterocycles. The number of thioether (sulfide) groups is 1. The number of hydrogen-bond donors (Lipinski definition) is 0. The summed E-state index contributed by atoms with van der Waals surface area (Å²) in [5, 5.41) is 0.781. The van der Waals surface area contributed by atoms with Crippen molar-refractivity contribution in [2.75, 3.05) is 13.2 Å². The summed E-state index contributed by atoms with van der Waals surface area (Å²) in [5.41, 5.74) is 2.64. The van der Waals surface area contributed by atoms with E-state index in [0.29, 0.717) is 26.4 Å². The van der Waals surface area contributed by atoms with Gasteiger partial charge in [0, 0.05) is 15.6 Å². The number of aryl methyl sites for hydroxylation is 1. The van der Waals surface area contributed by atoms with E-state index in [2.05, 4.69) is 0 Å². The summed E-state index contributed by atoms with van der Waals surface area (Å²) in [6, 6.07) is 20.1. The number of rotatable bonds is 8. The van der Waals surface area contributed by atoms with Crippen molar-refractivity contribution >= 4 is 52.2 Å². The highest BCUT2D eigenvalue weighted by Crippen LogP contribution is 2.32. The first-order valence-electron chi connectivity index (χ1n) is 10.5. The van der Waals surface area contributed by atoms with Crippen LogP contribution >= 0.6 is 35.0 Å². The van der Waals surface area contributed by atoms with Gasteiger partial charge in [0.15, 0.2) is 0 Å². The van der Waals surface area contributed by atoms with Crippen LogP contribution in [-0.2, 0) is 11.4 Å². The first-order valence-corrected chi connectivity index (χ1v) is 12.1. The summed E-state index contributed by atoms with van der Waals surface area (Å²) in [4.78, 5) is 26.7. The molecule has 1 aliphatic heterocycles. The van der Waals surface area contributed by atoms with Crippen molar-refractivity contribution in [1.29, 1.82) is 0 Å². The number of carbonyl (C=O) groups excluding carboxylic acids is 2. The quantitative estimate of drug-likeness (QED) is 0.303. The van der Waals surface area contributed by atoms with Crippen LogP contribution in [0.1, 0.15) is 16.7 Å². The molecule has 0 atom stereocenters. The van der Waals surface area contributed by atoms with Crippen molar-refractivity contribution in [2.45, 2.75) is 13.5 Å². The Hall–Kier alpha value is -2.93. The van der Waals surface area contributed by atoms with Gasteiger partial charge in [0.25, 0.3) is 11.1 Å². The third-order valence-corrected chi connectivity index (χ3v) is 6.51. The van der Waals surface area contributed by atoms with Crippen LogP contribution in [0.4, 0.5) is 4.79 Å². The molecule has 174 valence electrons. The van der Waals surface area contributed by atoms with E-state index >= 15 is 0 Å². The molecule has 34 heavy (non-hydrogen) atoms. The predicted molar refractivity (Wildman–Crippen MR) is 137 cm³/mol. The maximum absolute atomic E-state index is 12.8. The second kappa shape index (κ2) is 11.0. The molecule has 1 aliphatic rings. The zero-order chi connectivity index (χ0) is 24.1. The number of halogens is 2. The molecular formula is C26H21Cl2NO4S. The Morgan fingerprint density at radius 3 is 2.47 bits per heavy atom. The van der Waals surface area contributed by atoms with E-state index < -0.39 is 0 Å². The van der Waals surface area contributed by atoms with Gasteiger partial charge in [0.2, 0.25) is 0 Å². The van der Waals surface area contributed by atoms with Gasteiger partial charge < -0.3 is 9.47 Å². The highest BCUT2D eigenvalue weighted by atomic mass is 35.5. The van der Waals surface area contributed by atoms with Crippen molar-refractivity contribution in [3.8, 4) is 11.5 Å². The smallest absolute Gasteiger partial charge is 0.293 e. The minimum atomic E-state index is -0.331. The average Bonchev–Trinajstić information content (AvgIpc) is 3.06. The number of ether oxygens (including phenoxy) is 2. The van der Waals surface area contributed by atoms with E-state index in [1.165, 1.54) is 4.90 Å². The Balaban J connectivity index is 1.37. The second-order valence-corrected chi connectivity index (χ2v) is 9.43. The Morgan fingerprint density at radius 1 is 0.941 bits per heavy atom. The highest BCUT2D eigenvalue weighted by molar-refractivity contribution is 8.18. The molecule has 3 aromatic rings. The molecule has 5 nitrogen and oxygen atoms in total. The van der Waals surface area contributed by atoms with Gasteiger partial charge in [-0.1, -0.05) is 53.5 Å². The fourth-order valence-electron chi connectivity index (χ4n) is 3.30. The maximum atomic E-state index is 12.8. The van der Waals surface area contributed by atoms with Crippen LogP contribution in [0, 0.1) is 6.92 Å². The van der Waals surface area contributed by atoms with E-state index in [-0.39, 0.29) is 30.9 Å². The molecule has 0 aliphatic carbocycles. The van der Waals surface area contributed by atoms with Crippen LogP contribution in [0.2, 0.25) is 10.0 Å². The third kappa shape index (κ3) is 6.14. The minimum Gasteiger partial charge on any atom is -0.492 e. The van der Waals surface area contributed by atoms with Crippen molar-refractivity contribution in [1.82, 2.24) is 4.90 Å². The van der Waals surface area contributed by atoms with Crippen molar-refractivity contribution in [3.63, 3.8) is 0 Å². The molecule has 1 fully saturated rings. The topological polar surface area (TPSA) is 55.8 Å². The normalized spacial score (nSPS) is 14.7. The van der Waals surface area contributed by atoms with E-state index in [1.54, 1.807) is 24.3 Å². The largest absolute Gasteiger partial charge is 0.492 e. The monoisotopic (exact) mass is 513 g/mol. The van der Waals surface area contributed by atoms with Crippen LogP contribution in [0.5, 0.6) is 11.5 Å². The molecule has 0 unspecified atom stereocenters. The molecule has 4 rings (SSSR count). The molecule has 1 heterocycles. The van der Waals surface area contributed by atoms with Crippen LogP contribution in [0.15, 0.2) is 71.6 Å². The van der Waals surface area contributed by atoms with Crippen molar-refractivity contribution < 1.29 is 19.1 Å². The van der Waals surface area contributed by atoms with Gasteiger partial charge >= 0.3 is 0 Å². The van der Waals surface area contributed by atoms with Gasteiger partial charge in [0.1, 0.15) is 24.7 Å². The van der Waals surface area contributed by atoms with Gasteiger partial charge in [-0.25, -0.2) is 0 Å². The zero-order valence-electron chi connectivity index (χ0n) is 18.3. The lowest BCUT2D eigenvalue weighted by atomic mass is 10.2. The van der Waals surface area contributed by atoms with Crippen LogP contribution < -0.4 is 9.47 Å².